The summed E-state index contributed by atoms with van der Waals surface area (Å²) in [5, 5.41) is 8.34. The first-order chi connectivity index (χ1) is 14.1. The van der Waals surface area contributed by atoms with E-state index in [1.165, 1.54) is 0 Å². The zero-order valence-corrected chi connectivity index (χ0v) is 16.7. The van der Waals surface area contributed by atoms with E-state index in [0.29, 0.717) is 23.3 Å². The Morgan fingerprint density at radius 3 is 2.79 bits per heavy atom. The van der Waals surface area contributed by atoms with Crippen LogP contribution in [0.3, 0.4) is 0 Å². The molecule has 0 bridgehead atoms. The number of rotatable bonds is 5. The average Bonchev–Trinajstić information content (AvgIpc) is 3.41. The standard InChI is InChI=1S/C22H20ClN5O/c1-14-11-20(25-21(29)16-9-10-16)28(26-14)22-24-18-7-2-3-8-19(18)27(22)13-15-5-4-6-17(23)12-15/h2-8,11-12,16H,9-10,13H2,1H3,(H,25,29). The smallest absolute Gasteiger partial charge is 0.234 e. The van der Waals surface area contributed by atoms with E-state index in [0.717, 1.165) is 35.1 Å². The van der Waals surface area contributed by atoms with Gasteiger partial charge in [-0.2, -0.15) is 9.78 Å². The molecule has 146 valence electrons. The highest BCUT2D eigenvalue weighted by molar-refractivity contribution is 6.30. The minimum atomic E-state index is 0.0450. The number of nitrogens with one attached hydrogen (secondary N) is 1. The Labute approximate surface area is 173 Å². The minimum Gasteiger partial charge on any atom is -0.310 e. The Bertz CT molecular complexity index is 1220. The van der Waals surface area contributed by atoms with Gasteiger partial charge in [0.15, 0.2) is 0 Å². The molecule has 2 heterocycles. The maximum absolute atomic E-state index is 12.4. The van der Waals surface area contributed by atoms with Crippen molar-refractivity contribution in [3.8, 4) is 5.95 Å². The lowest BCUT2D eigenvalue weighted by Gasteiger charge is -2.12. The zero-order chi connectivity index (χ0) is 20.0. The Morgan fingerprint density at radius 1 is 1.17 bits per heavy atom. The highest BCUT2D eigenvalue weighted by Crippen LogP contribution is 2.31. The van der Waals surface area contributed by atoms with Crippen molar-refractivity contribution >= 4 is 34.4 Å². The van der Waals surface area contributed by atoms with Gasteiger partial charge in [0.25, 0.3) is 0 Å². The Hall–Kier alpha value is -3.12. The van der Waals surface area contributed by atoms with Crippen LogP contribution >= 0.6 is 11.6 Å². The molecule has 1 fully saturated rings. The number of aryl methyl sites for hydroxylation is 1. The Morgan fingerprint density at radius 2 is 2.00 bits per heavy atom. The number of amides is 1. The van der Waals surface area contributed by atoms with Crippen molar-refractivity contribution in [1.82, 2.24) is 19.3 Å². The molecule has 0 spiro atoms. The molecule has 7 heteroatoms. The monoisotopic (exact) mass is 405 g/mol. The summed E-state index contributed by atoms with van der Waals surface area (Å²) in [6, 6.07) is 17.6. The van der Waals surface area contributed by atoms with Crippen molar-refractivity contribution in [2.45, 2.75) is 26.3 Å². The number of imidazole rings is 1. The number of benzene rings is 2. The summed E-state index contributed by atoms with van der Waals surface area (Å²) in [6.07, 6.45) is 1.90. The van der Waals surface area contributed by atoms with Gasteiger partial charge >= 0.3 is 0 Å². The van der Waals surface area contributed by atoms with Crippen molar-refractivity contribution in [3.05, 3.63) is 70.9 Å². The number of nitrogens with zero attached hydrogens (tertiary/aromatic N) is 4. The number of aromatic nitrogens is 4. The maximum Gasteiger partial charge on any atom is 0.234 e. The average molecular weight is 406 g/mol. The van der Waals surface area contributed by atoms with E-state index in [1.54, 1.807) is 4.68 Å². The van der Waals surface area contributed by atoms with Gasteiger partial charge in [-0.15, -0.1) is 0 Å². The van der Waals surface area contributed by atoms with Crippen LogP contribution in [-0.2, 0) is 11.3 Å². The van der Waals surface area contributed by atoms with Crippen molar-refractivity contribution < 1.29 is 4.79 Å². The topological polar surface area (TPSA) is 64.7 Å². The molecule has 29 heavy (non-hydrogen) atoms. The molecule has 0 atom stereocenters. The molecular formula is C22H20ClN5O. The normalized spacial score (nSPS) is 13.7. The largest absolute Gasteiger partial charge is 0.310 e. The molecule has 0 unspecified atom stereocenters. The van der Waals surface area contributed by atoms with Crippen LogP contribution < -0.4 is 5.32 Å². The predicted octanol–water partition coefficient (Wildman–Crippen LogP) is 4.58. The fourth-order valence-electron chi connectivity index (χ4n) is 3.51. The van der Waals surface area contributed by atoms with E-state index < -0.39 is 0 Å². The second kappa shape index (κ2) is 7.04. The third-order valence-corrected chi connectivity index (χ3v) is 5.32. The highest BCUT2D eigenvalue weighted by Gasteiger charge is 2.30. The number of para-hydroxylation sites is 2. The van der Waals surface area contributed by atoms with E-state index >= 15 is 0 Å². The lowest BCUT2D eigenvalue weighted by molar-refractivity contribution is -0.117. The maximum atomic E-state index is 12.4. The van der Waals surface area contributed by atoms with Crippen LogP contribution in [0.15, 0.2) is 54.6 Å². The molecule has 0 saturated heterocycles. The fraction of sp³-hybridized carbons (Fsp3) is 0.227. The van der Waals surface area contributed by atoms with Crippen LogP contribution in [0.5, 0.6) is 0 Å². The van der Waals surface area contributed by atoms with Gasteiger partial charge in [-0.05, 0) is 49.6 Å². The summed E-state index contributed by atoms with van der Waals surface area (Å²) >= 11 is 6.19. The van der Waals surface area contributed by atoms with Crippen LogP contribution in [0.25, 0.3) is 17.0 Å². The van der Waals surface area contributed by atoms with Gasteiger partial charge in [-0.25, -0.2) is 4.98 Å². The van der Waals surface area contributed by atoms with Crippen molar-refractivity contribution in [1.29, 1.82) is 0 Å². The molecular weight excluding hydrogens is 386 g/mol. The Kier molecular flexibility index (Phi) is 4.36. The van der Waals surface area contributed by atoms with Crippen LogP contribution in [0.1, 0.15) is 24.1 Å². The molecule has 5 rings (SSSR count). The molecule has 6 nitrogen and oxygen atoms in total. The lowest BCUT2D eigenvalue weighted by atomic mass is 10.2. The van der Waals surface area contributed by atoms with E-state index in [9.17, 15) is 4.79 Å². The summed E-state index contributed by atoms with van der Waals surface area (Å²) in [4.78, 5) is 17.2. The van der Waals surface area contributed by atoms with Gasteiger partial charge in [0, 0.05) is 17.0 Å². The number of anilines is 1. The van der Waals surface area contributed by atoms with Gasteiger partial charge in [0.1, 0.15) is 5.82 Å². The number of halogens is 1. The van der Waals surface area contributed by atoms with Crippen LogP contribution in [0, 0.1) is 12.8 Å². The molecule has 1 aliphatic rings. The molecule has 1 amide bonds. The molecule has 0 aliphatic heterocycles. The SMILES string of the molecule is Cc1cc(NC(=O)C2CC2)n(-c2nc3ccccc3n2Cc2cccc(Cl)c2)n1. The molecule has 2 aromatic carbocycles. The van der Waals surface area contributed by atoms with Gasteiger partial charge in [-0.1, -0.05) is 35.9 Å². The highest BCUT2D eigenvalue weighted by atomic mass is 35.5. The van der Waals surface area contributed by atoms with Gasteiger partial charge in [-0.3, -0.25) is 4.79 Å². The minimum absolute atomic E-state index is 0.0450. The van der Waals surface area contributed by atoms with Crippen LogP contribution in [-0.4, -0.2) is 25.2 Å². The molecule has 4 aromatic rings. The van der Waals surface area contributed by atoms with Gasteiger partial charge in [0.05, 0.1) is 23.3 Å². The summed E-state index contributed by atoms with van der Waals surface area (Å²) in [5.41, 5.74) is 3.75. The quantitative estimate of drug-likeness (QED) is 0.528. The molecule has 1 saturated carbocycles. The van der Waals surface area contributed by atoms with Gasteiger partial charge < -0.3 is 9.88 Å². The van der Waals surface area contributed by atoms with Crippen LogP contribution in [0.2, 0.25) is 5.02 Å². The van der Waals surface area contributed by atoms with Gasteiger partial charge in [0.2, 0.25) is 11.9 Å². The number of hydrogen-bond donors (Lipinski definition) is 1. The number of hydrogen-bond acceptors (Lipinski definition) is 3. The lowest BCUT2D eigenvalue weighted by Crippen LogP contribution is -2.18. The van der Waals surface area contributed by atoms with Crippen LogP contribution in [0.4, 0.5) is 5.82 Å². The van der Waals surface area contributed by atoms with E-state index in [2.05, 4.69) is 15.0 Å². The summed E-state index contributed by atoms with van der Waals surface area (Å²) in [6.45, 7) is 2.50. The summed E-state index contributed by atoms with van der Waals surface area (Å²) in [7, 11) is 0. The zero-order valence-electron chi connectivity index (χ0n) is 16.0. The fourth-order valence-corrected chi connectivity index (χ4v) is 3.73. The third-order valence-electron chi connectivity index (χ3n) is 5.08. The van der Waals surface area contributed by atoms with E-state index in [1.807, 2.05) is 61.5 Å². The summed E-state index contributed by atoms with van der Waals surface area (Å²) in [5.74, 6) is 1.46. The first kappa shape index (κ1) is 17.9. The van der Waals surface area contributed by atoms with E-state index in [4.69, 9.17) is 16.6 Å². The first-order valence-electron chi connectivity index (χ1n) is 9.66. The molecule has 1 aliphatic carbocycles. The predicted molar refractivity (Wildman–Crippen MR) is 113 cm³/mol. The van der Waals surface area contributed by atoms with E-state index in [-0.39, 0.29) is 11.8 Å². The van der Waals surface area contributed by atoms with Crippen molar-refractivity contribution in [2.75, 3.05) is 5.32 Å². The third kappa shape index (κ3) is 3.51. The second-order valence-electron chi connectivity index (χ2n) is 7.46. The Balaban J connectivity index is 1.62. The number of fused-ring (bicyclic) bond motifs is 1. The summed E-state index contributed by atoms with van der Waals surface area (Å²) < 4.78 is 3.82. The van der Waals surface area contributed by atoms with Crippen molar-refractivity contribution in [3.63, 3.8) is 0 Å². The molecule has 0 radical (unpaired) electrons. The molecule has 2 aromatic heterocycles. The number of carbonyl (C=O) groups excluding carboxylic acids is 1. The first-order valence-corrected chi connectivity index (χ1v) is 10.0. The second-order valence-corrected chi connectivity index (χ2v) is 7.90. The van der Waals surface area contributed by atoms with Crippen molar-refractivity contribution in [2.24, 2.45) is 5.92 Å². The molecule has 1 N–H and O–H groups in total. The number of carbonyl (C=O) groups is 1.